The van der Waals surface area contributed by atoms with E-state index in [1.54, 1.807) is 37.3 Å². The van der Waals surface area contributed by atoms with Crippen LogP contribution >= 0.6 is 11.6 Å². The molecule has 0 bridgehead atoms. The monoisotopic (exact) mass is 343 g/mol. The number of aliphatic carboxylic acids is 1. The van der Waals surface area contributed by atoms with E-state index in [1.807, 2.05) is 18.2 Å². The number of hydrogen-bond acceptors (Lipinski definition) is 2. The van der Waals surface area contributed by atoms with Crippen LogP contribution in [0.2, 0.25) is 5.02 Å². The Labute approximate surface area is 145 Å². The van der Waals surface area contributed by atoms with Gasteiger partial charge in [0.2, 0.25) is 5.91 Å². The van der Waals surface area contributed by atoms with Crippen molar-refractivity contribution >= 4 is 29.2 Å². The van der Waals surface area contributed by atoms with Crippen LogP contribution in [0.4, 0.5) is 5.69 Å². The molecule has 1 saturated carbocycles. The average molecular weight is 344 g/mol. The zero-order valence-electron chi connectivity index (χ0n) is 13.3. The minimum Gasteiger partial charge on any atom is -0.481 e. The summed E-state index contributed by atoms with van der Waals surface area (Å²) in [5.74, 6) is -1.59. The lowest BCUT2D eigenvalue weighted by atomic mass is 9.94. The maximum Gasteiger partial charge on any atom is 0.310 e. The number of halogens is 1. The van der Waals surface area contributed by atoms with Crippen molar-refractivity contribution in [2.75, 3.05) is 5.32 Å². The van der Waals surface area contributed by atoms with Crippen molar-refractivity contribution in [1.82, 2.24) is 0 Å². The highest BCUT2D eigenvalue weighted by Gasteiger charge is 2.51. The van der Waals surface area contributed by atoms with Gasteiger partial charge in [-0.15, -0.1) is 0 Å². The summed E-state index contributed by atoms with van der Waals surface area (Å²) in [7, 11) is 0. The first-order valence-corrected chi connectivity index (χ1v) is 8.20. The van der Waals surface area contributed by atoms with Crippen LogP contribution in [-0.4, -0.2) is 17.0 Å². The maximum absolute atomic E-state index is 12.8. The van der Waals surface area contributed by atoms with E-state index in [0.717, 1.165) is 18.4 Å². The van der Waals surface area contributed by atoms with Gasteiger partial charge in [-0.1, -0.05) is 35.9 Å². The molecule has 124 valence electrons. The summed E-state index contributed by atoms with van der Waals surface area (Å²) in [6.07, 6.45) is 1.56. The Morgan fingerprint density at radius 2 is 1.88 bits per heavy atom. The fourth-order valence-electron chi connectivity index (χ4n) is 2.84. The Morgan fingerprint density at radius 1 is 1.17 bits per heavy atom. The van der Waals surface area contributed by atoms with Crippen LogP contribution in [0.3, 0.4) is 0 Å². The summed E-state index contributed by atoms with van der Waals surface area (Å²) >= 11 is 6.04. The molecule has 1 unspecified atom stereocenters. The molecule has 4 nitrogen and oxygen atoms in total. The molecule has 1 aliphatic carbocycles. The number of carboxylic acid groups (broad SMARTS) is 1. The summed E-state index contributed by atoms with van der Waals surface area (Å²) in [6.45, 7) is 1.62. The van der Waals surface area contributed by atoms with Gasteiger partial charge in [-0.2, -0.15) is 0 Å². The van der Waals surface area contributed by atoms with Crippen molar-refractivity contribution in [1.29, 1.82) is 0 Å². The molecule has 0 radical (unpaired) electrons. The quantitative estimate of drug-likeness (QED) is 0.855. The Morgan fingerprint density at radius 3 is 2.50 bits per heavy atom. The summed E-state index contributed by atoms with van der Waals surface area (Å²) in [5, 5.41) is 12.7. The Bertz CT molecular complexity index is 799. The van der Waals surface area contributed by atoms with Crippen LogP contribution in [0.25, 0.3) is 0 Å². The number of nitrogens with one attached hydrogen (secondary N) is 1. The zero-order chi connectivity index (χ0) is 17.3. The van der Waals surface area contributed by atoms with Crippen LogP contribution < -0.4 is 5.32 Å². The summed E-state index contributed by atoms with van der Waals surface area (Å²) < 4.78 is 0. The van der Waals surface area contributed by atoms with E-state index < -0.39 is 17.3 Å². The average Bonchev–Trinajstić information content (AvgIpc) is 3.36. The molecule has 1 fully saturated rings. The lowest BCUT2D eigenvalue weighted by molar-refractivity contribution is -0.138. The van der Waals surface area contributed by atoms with Gasteiger partial charge in [0.15, 0.2) is 0 Å². The molecule has 2 aromatic rings. The highest BCUT2D eigenvalue weighted by atomic mass is 35.5. The molecule has 0 aromatic heterocycles. The number of rotatable bonds is 5. The number of anilines is 1. The van der Waals surface area contributed by atoms with Crippen LogP contribution in [0.5, 0.6) is 0 Å². The normalized spacial score (nSPS) is 16.2. The van der Waals surface area contributed by atoms with Gasteiger partial charge in [-0.05, 0) is 55.2 Å². The highest BCUT2D eigenvalue weighted by Crippen LogP contribution is 2.49. The van der Waals surface area contributed by atoms with Gasteiger partial charge >= 0.3 is 5.97 Å². The molecule has 0 saturated heterocycles. The summed E-state index contributed by atoms with van der Waals surface area (Å²) in [4.78, 5) is 23.9. The first-order chi connectivity index (χ1) is 11.4. The minimum absolute atomic E-state index is 0.0788. The molecule has 0 aliphatic heterocycles. The van der Waals surface area contributed by atoms with Gasteiger partial charge < -0.3 is 10.4 Å². The maximum atomic E-state index is 12.8. The molecule has 2 aromatic carbocycles. The molecule has 0 heterocycles. The van der Waals surface area contributed by atoms with Crippen LogP contribution in [0.15, 0.2) is 48.5 Å². The van der Waals surface area contributed by atoms with E-state index in [9.17, 15) is 9.59 Å². The highest BCUT2D eigenvalue weighted by molar-refractivity contribution is 6.30. The number of carbonyl (C=O) groups is 2. The van der Waals surface area contributed by atoms with Crippen LogP contribution in [-0.2, 0) is 15.0 Å². The van der Waals surface area contributed by atoms with Crippen molar-refractivity contribution in [2.24, 2.45) is 0 Å². The molecule has 1 aliphatic rings. The van der Waals surface area contributed by atoms with E-state index >= 15 is 0 Å². The standard InChI is InChI=1S/C19H18ClNO3/c1-12(17(22)23)13-4-2-7-16(10-13)21-18(24)19(8-9-19)14-5-3-6-15(20)11-14/h2-7,10-12H,8-9H2,1H3,(H,21,24)(H,22,23). The Balaban J connectivity index is 1.80. The van der Waals surface area contributed by atoms with E-state index in [-0.39, 0.29) is 5.91 Å². The molecule has 1 amide bonds. The van der Waals surface area contributed by atoms with Crippen molar-refractivity contribution < 1.29 is 14.7 Å². The van der Waals surface area contributed by atoms with E-state index in [4.69, 9.17) is 16.7 Å². The molecular formula is C19H18ClNO3. The molecular weight excluding hydrogens is 326 g/mol. The first kappa shape index (κ1) is 16.5. The SMILES string of the molecule is CC(C(=O)O)c1cccc(NC(=O)C2(c3cccc(Cl)c3)CC2)c1. The third kappa shape index (κ3) is 3.15. The third-order valence-corrected chi connectivity index (χ3v) is 4.81. The topological polar surface area (TPSA) is 66.4 Å². The van der Waals surface area contributed by atoms with Gasteiger partial charge in [0, 0.05) is 10.7 Å². The van der Waals surface area contributed by atoms with E-state index in [1.165, 1.54) is 0 Å². The summed E-state index contributed by atoms with van der Waals surface area (Å²) in [5.41, 5.74) is 1.66. The van der Waals surface area contributed by atoms with Crippen molar-refractivity contribution in [3.63, 3.8) is 0 Å². The smallest absolute Gasteiger partial charge is 0.310 e. The fourth-order valence-corrected chi connectivity index (χ4v) is 3.03. The Hall–Kier alpha value is -2.33. The summed E-state index contributed by atoms with van der Waals surface area (Å²) in [6, 6.07) is 14.4. The number of carbonyl (C=O) groups excluding carboxylic acids is 1. The second kappa shape index (κ2) is 6.29. The molecule has 5 heteroatoms. The lowest BCUT2D eigenvalue weighted by Crippen LogP contribution is -2.27. The van der Waals surface area contributed by atoms with E-state index in [2.05, 4.69) is 5.32 Å². The van der Waals surface area contributed by atoms with Crippen molar-refractivity contribution in [3.05, 3.63) is 64.7 Å². The predicted molar refractivity (Wildman–Crippen MR) is 93.5 cm³/mol. The number of benzene rings is 2. The lowest BCUT2D eigenvalue weighted by Gasteiger charge is -2.17. The van der Waals surface area contributed by atoms with Gasteiger partial charge in [0.05, 0.1) is 11.3 Å². The molecule has 24 heavy (non-hydrogen) atoms. The van der Waals surface area contributed by atoms with Crippen molar-refractivity contribution in [3.8, 4) is 0 Å². The van der Waals surface area contributed by atoms with Gasteiger partial charge in [-0.3, -0.25) is 9.59 Å². The first-order valence-electron chi connectivity index (χ1n) is 7.83. The predicted octanol–water partition coefficient (Wildman–Crippen LogP) is 4.20. The van der Waals surface area contributed by atoms with Crippen LogP contribution in [0.1, 0.15) is 36.8 Å². The Kier molecular flexibility index (Phi) is 4.33. The van der Waals surface area contributed by atoms with Crippen LogP contribution in [0, 0.1) is 0 Å². The van der Waals surface area contributed by atoms with Crippen molar-refractivity contribution in [2.45, 2.75) is 31.1 Å². The minimum atomic E-state index is -0.893. The second-order valence-corrected chi connectivity index (χ2v) is 6.67. The molecule has 0 spiro atoms. The molecule has 3 rings (SSSR count). The molecule has 1 atom stereocenters. The third-order valence-electron chi connectivity index (χ3n) is 4.58. The molecule has 2 N–H and O–H groups in total. The largest absolute Gasteiger partial charge is 0.481 e. The fraction of sp³-hybridized carbons (Fsp3) is 0.263. The number of carboxylic acids is 1. The van der Waals surface area contributed by atoms with Gasteiger partial charge in [0.1, 0.15) is 0 Å². The number of amides is 1. The number of hydrogen-bond donors (Lipinski definition) is 2. The van der Waals surface area contributed by atoms with Gasteiger partial charge in [-0.25, -0.2) is 0 Å². The van der Waals surface area contributed by atoms with E-state index in [0.29, 0.717) is 16.3 Å². The second-order valence-electron chi connectivity index (χ2n) is 6.23. The zero-order valence-corrected chi connectivity index (χ0v) is 14.0. The van der Waals surface area contributed by atoms with Gasteiger partial charge in [0.25, 0.3) is 0 Å².